The molecule has 1 amide bonds. The summed E-state index contributed by atoms with van der Waals surface area (Å²) >= 11 is 0. The number of sulfonamides is 1. The van der Waals surface area contributed by atoms with Gasteiger partial charge in [0, 0.05) is 25.8 Å². The van der Waals surface area contributed by atoms with Gasteiger partial charge in [-0.2, -0.15) is 0 Å². The monoisotopic (exact) mass is 403 g/mol. The number of likely N-dealkylation sites (N-methyl/N-ethyl adjacent to an activating group) is 1. The van der Waals surface area contributed by atoms with E-state index in [1.807, 2.05) is 68.3 Å². The summed E-state index contributed by atoms with van der Waals surface area (Å²) in [6.45, 7) is 6.38. The molecule has 1 atom stereocenters. The zero-order valence-electron chi connectivity index (χ0n) is 17.1. The van der Waals surface area contributed by atoms with Crippen molar-refractivity contribution in [1.82, 2.24) is 5.32 Å². The zero-order valence-corrected chi connectivity index (χ0v) is 18.0. The molecule has 0 saturated heterocycles. The highest BCUT2D eigenvalue weighted by Gasteiger charge is 2.30. The molecule has 2 aromatic rings. The van der Waals surface area contributed by atoms with Crippen LogP contribution in [-0.2, 0) is 14.8 Å². The summed E-state index contributed by atoms with van der Waals surface area (Å²) in [4.78, 5) is 14.7. The van der Waals surface area contributed by atoms with E-state index in [0.717, 1.165) is 23.1 Å². The van der Waals surface area contributed by atoms with E-state index in [4.69, 9.17) is 0 Å². The van der Waals surface area contributed by atoms with Crippen molar-refractivity contribution in [2.75, 3.05) is 35.6 Å². The minimum Gasteiger partial charge on any atom is -0.373 e. The van der Waals surface area contributed by atoms with Crippen LogP contribution in [0.4, 0.5) is 11.4 Å². The summed E-state index contributed by atoms with van der Waals surface area (Å²) in [6.07, 6.45) is 1.13. The van der Waals surface area contributed by atoms with Gasteiger partial charge in [0.2, 0.25) is 15.9 Å². The number of anilines is 2. The molecule has 0 heterocycles. The van der Waals surface area contributed by atoms with E-state index >= 15 is 0 Å². The van der Waals surface area contributed by atoms with E-state index in [9.17, 15) is 13.2 Å². The lowest BCUT2D eigenvalue weighted by Gasteiger charge is -2.30. The van der Waals surface area contributed by atoms with Crippen LogP contribution in [-0.4, -0.2) is 46.8 Å². The molecule has 0 aliphatic rings. The van der Waals surface area contributed by atoms with Crippen LogP contribution in [0.2, 0.25) is 0 Å². The second-order valence-corrected chi connectivity index (χ2v) is 8.93. The number of benzene rings is 2. The molecule has 152 valence electrons. The van der Waals surface area contributed by atoms with Gasteiger partial charge in [0.05, 0.1) is 11.9 Å². The average molecular weight is 404 g/mol. The summed E-state index contributed by atoms with van der Waals surface area (Å²) < 4.78 is 26.1. The molecule has 1 N–H and O–H groups in total. The quantitative estimate of drug-likeness (QED) is 0.736. The maximum Gasteiger partial charge on any atom is 0.243 e. The fraction of sp³-hybridized carbons (Fsp3) is 0.381. The molecule has 0 bridgehead atoms. The second kappa shape index (κ2) is 9.10. The summed E-state index contributed by atoms with van der Waals surface area (Å²) in [5, 5.41) is 2.85. The van der Waals surface area contributed by atoms with E-state index in [2.05, 4.69) is 5.32 Å². The average Bonchev–Trinajstić information content (AvgIpc) is 2.64. The molecule has 0 saturated carbocycles. The minimum absolute atomic E-state index is 0.326. The molecule has 2 aromatic carbocycles. The third-order valence-corrected chi connectivity index (χ3v) is 5.86. The second-order valence-electron chi connectivity index (χ2n) is 7.07. The first-order valence-corrected chi connectivity index (χ1v) is 11.1. The molecule has 0 aliphatic carbocycles. The zero-order chi connectivity index (χ0) is 20.9. The van der Waals surface area contributed by atoms with Crippen molar-refractivity contribution in [3.63, 3.8) is 0 Å². The lowest BCUT2D eigenvalue weighted by atomic mass is 10.1. The fourth-order valence-corrected chi connectivity index (χ4v) is 4.27. The van der Waals surface area contributed by atoms with Gasteiger partial charge in [0.1, 0.15) is 6.04 Å². The number of carbonyl (C=O) groups excluding carboxylic acids is 1. The van der Waals surface area contributed by atoms with E-state index in [0.29, 0.717) is 18.8 Å². The molecular formula is C21H29N3O3S. The van der Waals surface area contributed by atoms with Crippen molar-refractivity contribution >= 4 is 27.3 Å². The number of amides is 1. The molecule has 0 radical (unpaired) electrons. The Morgan fingerprint density at radius 3 is 2.36 bits per heavy atom. The van der Waals surface area contributed by atoms with Crippen molar-refractivity contribution in [3.05, 3.63) is 59.7 Å². The van der Waals surface area contributed by atoms with E-state index in [1.54, 1.807) is 13.0 Å². The summed E-state index contributed by atoms with van der Waals surface area (Å²) in [6, 6.07) is 14.6. The number of aryl methyl sites for hydroxylation is 2. The van der Waals surface area contributed by atoms with Crippen molar-refractivity contribution in [2.24, 2.45) is 0 Å². The Balaban J connectivity index is 2.09. The Bertz CT molecular complexity index is 914. The van der Waals surface area contributed by atoms with Gasteiger partial charge in [-0.25, -0.2) is 8.42 Å². The lowest BCUT2D eigenvalue weighted by Crippen LogP contribution is -2.49. The third kappa shape index (κ3) is 5.48. The van der Waals surface area contributed by atoms with Gasteiger partial charge in [0.15, 0.2) is 0 Å². The summed E-state index contributed by atoms with van der Waals surface area (Å²) in [7, 11) is -1.68. The van der Waals surface area contributed by atoms with E-state index < -0.39 is 16.1 Å². The minimum atomic E-state index is -3.62. The molecule has 0 aliphatic heterocycles. The topological polar surface area (TPSA) is 69.7 Å². The first-order chi connectivity index (χ1) is 13.1. The molecular weight excluding hydrogens is 374 g/mol. The highest BCUT2D eigenvalue weighted by Crippen LogP contribution is 2.26. The first kappa shape index (κ1) is 21.8. The van der Waals surface area contributed by atoms with Gasteiger partial charge < -0.3 is 10.2 Å². The Morgan fingerprint density at radius 1 is 1.11 bits per heavy atom. The van der Waals surface area contributed by atoms with Crippen LogP contribution >= 0.6 is 0 Å². The normalized spacial score (nSPS) is 12.3. The van der Waals surface area contributed by atoms with Crippen molar-refractivity contribution in [3.8, 4) is 0 Å². The molecule has 0 spiro atoms. The van der Waals surface area contributed by atoms with Crippen LogP contribution in [0.3, 0.4) is 0 Å². The summed E-state index contributed by atoms with van der Waals surface area (Å²) in [5.41, 5.74) is 3.33. The molecule has 2 rings (SSSR count). The Labute approximate surface area is 168 Å². The maximum absolute atomic E-state index is 12.7. The van der Waals surface area contributed by atoms with Gasteiger partial charge in [-0.1, -0.05) is 30.3 Å². The van der Waals surface area contributed by atoms with Crippen LogP contribution in [0, 0.1) is 13.8 Å². The number of carbonyl (C=O) groups is 1. The lowest BCUT2D eigenvalue weighted by molar-refractivity contribution is -0.121. The maximum atomic E-state index is 12.7. The molecule has 1 unspecified atom stereocenters. The molecule has 28 heavy (non-hydrogen) atoms. The van der Waals surface area contributed by atoms with Gasteiger partial charge >= 0.3 is 0 Å². The Kier molecular flexibility index (Phi) is 7.07. The number of nitrogens with one attached hydrogen (secondary N) is 1. The van der Waals surface area contributed by atoms with Gasteiger partial charge in [0.25, 0.3) is 0 Å². The number of nitrogens with zero attached hydrogens (tertiary/aromatic N) is 2. The van der Waals surface area contributed by atoms with Crippen LogP contribution in [0.1, 0.15) is 18.1 Å². The molecule has 0 aromatic heterocycles. The highest BCUT2D eigenvalue weighted by molar-refractivity contribution is 7.92. The summed E-state index contributed by atoms with van der Waals surface area (Å²) in [5.74, 6) is -0.326. The largest absolute Gasteiger partial charge is 0.373 e. The predicted molar refractivity (Wildman–Crippen MR) is 115 cm³/mol. The molecule has 7 heteroatoms. The Morgan fingerprint density at radius 2 is 1.75 bits per heavy atom. The SMILES string of the molecule is Cc1ccc(C)c(N(C(C)C(=O)NCCN(C)c2ccccc2)S(C)(=O)=O)c1. The van der Waals surface area contributed by atoms with Crippen molar-refractivity contribution < 1.29 is 13.2 Å². The smallest absolute Gasteiger partial charge is 0.243 e. The van der Waals surface area contributed by atoms with Crippen LogP contribution in [0.25, 0.3) is 0 Å². The van der Waals surface area contributed by atoms with Gasteiger partial charge in [-0.05, 0) is 50.1 Å². The van der Waals surface area contributed by atoms with Crippen molar-refractivity contribution in [2.45, 2.75) is 26.8 Å². The molecule has 6 nitrogen and oxygen atoms in total. The van der Waals surface area contributed by atoms with Crippen LogP contribution in [0.5, 0.6) is 0 Å². The molecule has 0 fully saturated rings. The van der Waals surface area contributed by atoms with Crippen LogP contribution in [0.15, 0.2) is 48.5 Å². The predicted octanol–water partition coefficient (Wildman–Crippen LogP) is 2.71. The van der Waals surface area contributed by atoms with Crippen LogP contribution < -0.4 is 14.5 Å². The number of hydrogen-bond donors (Lipinski definition) is 1. The highest BCUT2D eigenvalue weighted by atomic mass is 32.2. The van der Waals surface area contributed by atoms with Gasteiger partial charge in [-0.3, -0.25) is 9.10 Å². The van der Waals surface area contributed by atoms with E-state index in [1.165, 1.54) is 4.31 Å². The third-order valence-electron chi connectivity index (χ3n) is 4.63. The standard InChI is InChI=1S/C21H29N3O3S/c1-16-11-12-17(2)20(15-16)24(28(5,26)27)18(3)21(25)22-13-14-23(4)19-9-7-6-8-10-19/h6-12,15,18H,13-14H2,1-5H3,(H,22,25). The number of para-hydroxylation sites is 1. The Hall–Kier alpha value is -2.54. The first-order valence-electron chi connectivity index (χ1n) is 9.22. The van der Waals surface area contributed by atoms with Gasteiger partial charge in [-0.15, -0.1) is 0 Å². The van der Waals surface area contributed by atoms with E-state index in [-0.39, 0.29) is 5.91 Å². The number of hydrogen-bond acceptors (Lipinski definition) is 4. The number of rotatable bonds is 8. The van der Waals surface area contributed by atoms with Crippen molar-refractivity contribution in [1.29, 1.82) is 0 Å². The fourth-order valence-electron chi connectivity index (χ4n) is 3.04.